The van der Waals surface area contributed by atoms with Gasteiger partial charge in [0.2, 0.25) is 5.91 Å². The fourth-order valence-corrected chi connectivity index (χ4v) is 3.55. The van der Waals surface area contributed by atoms with Gasteiger partial charge in [-0.2, -0.15) is 0 Å². The third-order valence-corrected chi connectivity index (χ3v) is 5.03. The number of hydrogen-bond donors (Lipinski definition) is 1. The maximum Gasteiger partial charge on any atom is 0.230 e. The summed E-state index contributed by atoms with van der Waals surface area (Å²) < 4.78 is 20.8. The van der Waals surface area contributed by atoms with E-state index >= 15 is 0 Å². The summed E-state index contributed by atoms with van der Waals surface area (Å²) >= 11 is 1.26. The largest absolute Gasteiger partial charge is 0.467 e. The number of carbonyl (C=O) groups is 1. The zero-order valence-electron chi connectivity index (χ0n) is 15.3. The molecule has 0 aliphatic rings. The van der Waals surface area contributed by atoms with Gasteiger partial charge in [-0.25, -0.2) is 4.39 Å². The van der Waals surface area contributed by atoms with Crippen molar-refractivity contribution in [3.63, 3.8) is 0 Å². The Morgan fingerprint density at radius 3 is 2.69 bits per heavy atom. The molecule has 4 rings (SSSR count). The van der Waals surface area contributed by atoms with Gasteiger partial charge in [0.25, 0.3) is 0 Å². The van der Waals surface area contributed by atoms with Gasteiger partial charge in [-0.05, 0) is 36.4 Å². The molecule has 0 aliphatic heterocycles. The molecule has 2 heterocycles. The molecule has 2 aromatic carbocycles. The summed E-state index contributed by atoms with van der Waals surface area (Å²) in [6.07, 6.45) is 1.56. The monoisotopic (exact) mass is 408 g/mol. The minimum Gasteiger partial charge on any atom is -0.467 e. The van der Waals surface area contributed by atoms with Gasteiger partial charge < -0.3 is 9.73 Å². The van der Waals surface area contributed by atoms with Crippen molar-refractivity contribution in [3.8, 4) is 17.1 Å². The van der Waals surface area contributed by atoms with Crippen LogP contribution in [-0.4, -0.2) is 26.4 Å². The van der Waals surface area contributed by atoms with Crippen molar-refractivity contribution in [3.05, 3.63) is 84.6 Å². The first-order valence-corrected chi connectivity index (χ1v) is 9.88. The Labute approximate surface area is 170 Å². The average molecular weight is 408 g/mol. The number of nitrogens with one attached hydrogen (secondary N) is 1. The molecule has 29 heavy (non-hydrogen) atoms. The van der Waals surface area contributed by atoms with E-state index in [1.54, 1.807) is 30.5 Å². The molecular formula is C21H17FN4O2S. The van der Waals surface area contributed by atoms with Crippen LogP contribution < -0.4 is 5.32 Å². The number of halogens is 1. The van der Waals surface area contributed by atoms with Crippen LogP contribution in [0.3, 0.4) is 0 Å². The van der Waals surface area contributed by atoms with E-state index < -0.39 is 0 Å². The smallest absolute Gasteiger partial charge is 0.230 e. The molecule has 1 amide bonds. The second-order valence-electron chi connectivity index (χ2n) is 6.13. The van der Waals surface area contributed by atoms with Crippen molar-refractivity contribution < 1.29 is 13.6 Å². The second-order valence-corrected chi connectivity index (χ2v) is 7.07. The van der Waals surface area contributed by atoms with Gasteiger partial charge in [-0.15, -0.1) is 10.2 Å². The fraction of sp³-hybridized carbons (Fsp3) is 0.0952. The molecule has 0 unspecified atom stereocenters. The molecule has 0 bridgehead atoms. The molecule has 146 valence electrons. The number of para-hydroxylation sites is 1. The zero-order chi connectivity index (χ0) is 20.1. The van der Waals surface area contributed by atoms with E-state index in [0.29, 0.717) is 28.8 Å². The average Bonchev–Trinajstić information content (AvgIpc) is 3.41. The van der Waals surface area contributed by atoms with Crippen LogP contribution in [0.4, 0.5) is 4.39 Å². The number of aromatic nitrogens is 3. The molecule has 0 saturated carbocycles. The van der Waals surface area contributed by atoms with Crippen molar-refractivity contribution >= 4 is 17.7 Å². The molecule has 0 radical (unpaired) electrons. The first-order valence-electron chi connectivity index (χ1n) is 8.89. The van der Waals surface area contributed by atoms with E-state index in [-0.39, 0.29) is 17.5 Å². The normalized spacial score (nSPS) is 10.8. The van der Waals surface area contributed by atoms with Gasteiger partial charge in [-0.3, -0.25) is 9.36 Å². The van der Waals surface area contributed by atoms with E-state index in [9.17, 15) is 9.18 Å². The Bertz CT molecular complexity index is 1100. The van der Waals surface area contributed by atoms with Crippen LogP contribution in [0.2, 0.25) is 0 Å². The molecule has 0 saturated heterocycles. The van der Waals surface area contributed by atoms with E-state index in [0.717, 1.165) is 5.69 Å². The highest BCUT2D eigenvalue weighted by atomic mass is 32.2. The molecule has 0 aliphatic carbocycles. The minimum absolute atomic E-state index is 0.152. The number of carbonyl (C=O) groups excluding carboxylic acids is 1. The molecule has 0 atom stereocenters. The summed E-state index contributed by atoms with van der Waals surface area (Å²) in [4.78, 5) is 12.2. The maximum absolute atomic E-state index is 13.7. The third-order valence-electron chi connectivity index (χ3n) is 4.10. The Morgan fingerprint density at radius 2 is 1.93 bits per heavy atom. The van der Waals surface area contributed by atoms with Gasteiger partial charge in [-0.1, -0.05) is 42.1 Å². The predicted octanol–water partition coefficient (Wildman–Crippen LogP) is 4.07. The van der Waals surface area contributed by atoms with E-state index in [2.05, 4.69) is 15.5 Å². The lowest BCUT2D eigenvalue weighted by atomic mass is 10.2. The number of hydrogen-bond acceptors (Lipinski definition) is 5. The molecule has 1 N–H and O–H groups in total. The predicted molar refractivity (Wildman–Crippen MR) is 108 cm³/mol. The van der Waals surface area contributed by atoms with Crippen LogP contribution in [0.5, 0.6) is 0 Å². The van der Waals surface area contributed by atoms with Crippen molar-refractivity contribution in [2.45, 2.75) is 11.7 Å². The molecule has 0 fully saturated rings. The number of rotatable bonds is 7. The highest BCUT2D eigenvalue weighted by Gasteiger charge is 2.17. The van der Waals surface area contributed by atoms with Gasteiger partial charge in [0, 0.05) is 11.3 Å². The van der Waals surface area contributed by atoms with Crippen LogP contribution >= 0.6 is 11.8 Å². The Kier molecular flexibility index (Phi) is 5.71. The highest BCUT2D eigenvalue weighted by molar-refractivity contribution is 7.99. The third kappa shape index (κ3) is 4.55. The molecule has 6 nitrogen and oxygen atoms in total. The molecule has 4 aromatic rings. The summed E-state index contributed by atoms with van der Waals surface area (Å²) in [6, 6.07) is 19.3. The van der Waals surface area contributed by atoms with Gasteiger partial charge in [0.05, 0.1) is 18.6 Å². The summed E-state index contributed by atoms with van der Waals surface area (Å²) in [5.74, 6) is 0.853. The standard InChI is InChI=1S/C21H17FN4O2S/c22-16-7-4-6-15(12-16)20-24-25-21(26(20)17-8-2-1-3-9-17)29-14-19(27)23-13-18-10-5-11-28-18/h1-12H,13-14H2,(H,23,27). The van der Waals surface area contributed by atoms with Crippen LogP contribution in [0.25, 0.3) is 17.1 Å². The molecule has 2 aromatic heterocycles. The lowest BCUT2D eigenvalue weighted by Gasteiger charge is -2.10. The van der Waals surface area contributed by atoms with Crippen molar-refractivity contribution in [2.24, 2.45) is 0 Å². The van der Waals surface area contributed by atoms with Crippen LogP contribution in [0.1, 0.15) is 5.76 Å². The Hall–Kier alpha value is -3.39. The topological polar surface area (TPSA) is 73.0 Å². The Balaban J connectivity index is 1.56. The Morgan fingerprint density at radius 1 is 1.07 bits per heavy atom. The lowest BCUT2D eigenvalue weighted by molar-refractivity contribution is -0.118. The molecule has 0 spiro atoms. The second kappa shape index (κ2) is 8.74. The van der Waals surface area contributed by atoms with E-state index in [4.69, 9.17) is 4.42 Å². The summed E-state index contributed by atoms with van der Waals surface area (Å²) in [5, 5.41) is 11.8. The quantitative estimate of drug-likeness (QED) is 0.467. The van der Waals surface area contributed by atoms with Gasteiger partial charge in [0.1, 0.15) is 11.6 Å². The maximum atomic E-state index is 13.7. The first-order chi connectivity index (χ1) is 14.2. The van der Waals surface area contributed by atoms with E-state index in [1.807, 2.05) is 34.9 Å². The summed E-state index contributed by atoms with van der Waals surface area (Å²) in [6.45, 7) is 0.326. The number of furan rings is 1. The fourth-order valence-electron chi connectivity index (χ4n) is 2.77. The van der Waals surface area contributed by atoms with Crippen LogP contribution in [0, 0.1) is 5.82 Å². The number of nitrogens with zero attached hydrogens (tertiary/aromatic N) is 3. The van der Waals surface area contributed by atoms with Gasteiger partial charge >= 0.3 is 0 Å². The minimum atomic E-state index is -0.350. The zero-order valence-corrected chi connectivity index (χ0v) is 16.1. The van der Waals surface area contributed by atoms with Crippen molar-refractivity contribution in [1.82, 2.24) is 20.1 Å². The first kappa shape index (κ1) is 18.9. The lowest BCUT2D eigenvalue weighted by Crippen LogP contribution is -2.24. The molecular weight excluding hydrogens is 391 g/mol. The SMILES string of the molecule is O=C(CSc1nnc(-c2cccc(F)c2)n1-c1ccccc1)NCc1ccco1. The number of benzene rings is 2. The van der Waals surface area contributed by atoms with Crippen LogP contribution in [-0.2, 0) is 11.3 Å². The highest BCUT2D eigenvalue weighted by Crippen LogP contribution is 2.28. The summed E-state index contributed by atoms with van der Waals surface area (Å²) in [5.41, 5.74) is 1.44. The van der Waals surface area contributed by atoms with Crippen molar-refractivity contribution in [1.29, 1.82) is 0 Å². The van der Waals surface area contributed by atoms with Crippen molar-refractivity contribution in [2.75, 3.05) is 5.75 Å². The van der Waals surface area contributed by atoms with E-state index in [1.165, 1.54) is 23.9 Å². The van der Waals surface area contributed by atoms with Gasteiger partial charge in [0.15, 0.2) is 11.0 Å². The summed E-state index contributed by atoms with van der Waals surface area (Å²) in [7, 11) is 0. The number of thioether (sulfide) groups is 1. The molecule has 8 heteroatoms. The number of amides is 1. The van der Waals surface area contributed by atoms with Crippen LogP contribution in [0.15, 0.2) is 82.6 Å².